The van der Waals surface area contributed by atoms with Crippen LogP contribution in [0.2, 0.25) is 0 Å². The summed E-state index contributed by atoms with van der Waals surface area (Å²) in [6.07, 6.45) is 2.78. The molecule has 2 rings (SSSR count). The van der Waals surface area contributed by atoms with Gasteiger partial charge in [0.15, 0.2) is 0 Å². The molecule has 2 aromatic rings. The molecule has 0 fully saturated rings. The average Bonchev–Trinajstić information content (AvgIpc) is 2.43. The van der Waals surface area contributed by atoms with Crippen LogP contribution < -0.4 is 15.4 Å². The minimum absolute atomic E-state index is 0.693. The van der Waals surface area contributed by atoms with Gasteiger partial charge in [-0.05, 0) is 25.1 Å². The van der Waals surface area contributed by atoms with Crippen molar-refractivity contribution in [2.45, 2.75) is 6.42 Å². The first-order valence-electron chi connectivity index (χ1n) is 6.11. The highest BCUT2D eigenvalue weighted by atomic mass is 16.5. The highest BCUT2D eigenvalue weighted by Crippen LogP contribution is 2.30. The molecule has 1 heterocycles. The van der Waals surface area contributed by atoms with Gasteiger partial charge in [-0.25, -0.2) is 4.98 Å². The van der Waals surface area contributed by atoms with Crippen LogP contribution in [0.5, 0.6) is 5.75 Å². The summed E-state index contributed by atoms with van der Waals surface area (Å²) in [4.78, 5) is 6.60. The SMILES string of the molecule is COc1cccc2c(N(C)CCCN)nccc12. The number of methoxy groups -OCH3 is 1. The zero-order chi connectivity index (χ0) is 13.0. The van der Waals surface area contributed by atoms with Gasteiger partial charge in [0.2, 0.25) is 0 Å². The zero-order valence-electron chi connectivity index (χ0n) is 10.9. The maximum atomic E-state index is 5.55. The number of aromatic nitrogens is 1. The second kappa shape index (κ2) is 5.69. The lowest BCUT2D eigenvalue weighted by molar-refractivity contribution is 0.420. The summed E-state index contributed by atoms with van der Waals surface area (Å²) in [6, 6.07) is 8.00. The number of nitrogens with zero attached hydrogens (tertiary/aromatic N) is 2. The third kappa shape index (κ3) is 2.38. The van der Waals surface area contributed by atoms with Gasteiger partial charge in [0.1, 0.15) is 11.6 Å². The Morgan fingerprint density at radius 3 is 2.83 bits per heavy atom. The van der Waals surface area contributed by atoms with E-state index in [2.05, 4.69) is 16.0 Å². The third-order valence-corrected chi connectivity index (χ3v) is 3.02. The van der Waals surface area contributed by atoms with E-state index < -0.39 is 0 Å². The normalized spacial score (nSPS) is 10.6. The molecular weight excluding hydrogens is 226 g/mol. The van der Waals surface area contributed by atoms with E-state index in [0.29, 0.717) is 6.54 Å². The van der Waals surface area contributed by atoms with Crippen LogP contribution in [0.1, 0.15) is 6.42 Å². The van der Waals surface area contributed by atoms with E-state index in [1.165, 1.54) is 0 Å². The van der Waals surface area contributed by atoms with Crippen LogP contribution in [0.15, 0.2) is 30.5 Å². The van der Waals surface area contributed by atoms with Crippen LogP contribution >= 0.6 is 0 Å². The fourth-order valence-electron chi connectivity index (χ4n) is 2.08. The zero-order valence-corrected chi connectivity index (χ0v) is 10.9. The minimum atomic E-state index is 0.693. The molecule has 0 radical (unpaired) electrons. The van der Waals surface area contributed by atoms with Gasteiger partial charge < -0.3 is 15.4 Å². The molecule has 0 atom stereocenters. The molecule has 4 heteroatoms. The van der Waals surface area contributed by atoms with Crippen LogP contribution in [0, 0.1) is 0 Å². The molecule has 2 N–H and O–H groups in total. The molecule has 0 unspecified atom stereocenters. The van der Waals surface area contributed by atoms with Crippen molar-refractivity contribution in [1.29, 1.82) is 0 Å². The Bertz CT molecular complexity index is 527. The molecule has 0 aliphatic heterocycles. The number of nitrogens with two attached hydrogens (primary N) is 1. The number of pyridine rings is 1. The summed E-state index contributed by atoms with van der Waals surface area (Å²) in [6.45, 7) is 1.60. The Morgan fingerprint density at radius 2 is 2.11 bits per heavy atom. The van der Waals surface area contributed by atoms with Gasteiger partial charge in [0, 0.05) is 30.6 Å². The molecule has 96 valence electrons. The van der Waals surface area contributed by atoms with Crippen molar-refractivity contribution in [3.63, 3.8) is 0 Å². The Balaban J connectivity index is 2.45. The van der Waals surface area contributed by atoms with Crippen molar-refractivity contribution in [1.82, 2.24) is 4.98 Å². The number of fused-ring (bicyclic) bond motifs is 1. The molecule has 0 bridgehead atoms. The molecule has 4 nitrogen and oxygen atoms in total. The maximum Gasteiger partial charge on any atom is 0.136 e. The van der Waals surface area contributed by atoms with Crippen molar-refractivity contribution < 1.29 is 4.74 Å². The molecule has 1 aromatic heterocycles. The van der Waals surface area contributed by atoms with E-state index in [1.54, 1.807) is 7.11 Å². The molecule has 0 aliphatic carbocycles. The Morgan fingerprint density at radius 1 is 1.28 bits per heavy atom. The van der Waals surface area contributed by atoms with Gasteiger partial charge in [0.25, 0.3) is 0 Å². The largest absolute Gasteiger partial charge is 0.496 e. The predicted octanol–water partition coefficient (Wildman–Crippen LogP) is 2.03. The molecule has 0 saturated heterocycles. The van der Waals surface area contributed by atoms with E-state index in [0.717, 1.165) is 35.3 Å². The van der Waals surface area contributed by atoms with E-state index in [4.69, 9.17) is 10.5 Å². The van der Waals surface area contributed by atoms with Crippen molar-refractivity contribution in [2.75, 3.05) is 32.1 Å². The van der Waals surface area contributed by atoms with Crippen LogP contribution in [0.25, 0.3) is 10.8 Å². The van der Waals surface area contributed by atoms with E-state index in [-0.39, 0.29) is 0 Å². The number of rotatable bonds is 5. The van der Waals surface area contributed by atoms with Gasteiger partial charge in [-0.3, -0.25) is 0 Å². The smallest absolute Gasteiger partial charge is 0.136 e. The molecular formula is C14H19N3O. The van der Waals surface area contributed by atoms with Gasteiger partial charge >= 0.3 is 0 Å². The lowest BCUT2D eigenvalue weighted by Crippen LogP contribution is -2.22. The molecule has 0 saturated carbocycles. The van der Waals surface area contributed by atoms with Gasteiger partial charge in [-0.1, -0.05) is 12.1 Å². The van der Waals surface area contributed by atoms with Crippen molar-refractivity contribution >= 4 is 16.6 Å². The van der Waals surface area contributed by atoms with Crippen LogP contribution in [0.3, 0.4) is 0 Å². The van der Waals surface area contributed by atoms with Crippen molar-refractivity contribution in [3.05, 3.63) is 30.5 Å². The summed E-state index contributed by atoms with van der Waals surface area (Å²) in [7, 11) is 3.73. The number of anilines is 1. The van der Waals surface area contributed by atoms with E-state index in [9.17, 15) is 0 Å². The Hall–Kier alpha value is -1.81. The first-order chi connectivity index (χ1) is 8.77. The third-order valence-electron chi connectivity index (χ3n) is 3.02. The van der Waals surface area contributed by atoms with Crippen molar-refractivity contribution in [2.24, 2.45) is 5.73 Å². The second-order valence-electron chi connectivity index (χ2n) is 4.25. The summed E-state index contributed by atoms with van der Waals surface area (Å²) in [5.74, 6) is 1.85. The Kier molecular flexibility index (Phi) is 3.99. The fourth-order valence-corrected chi connectivity index (χ4v) is 2.08. The van der Waals surface area contributed by atoms with Crippen LogP contribution in [-0.2, 0) is 0 Å². The molecule has 18 heavy (non-hydrogen) atoms. The Labute approximate surface area is 107 Å². The number of benzene rings is 1. The lowest BCUT2D eigenvalue weighted by Gasteiger charge is -2.20. The van der Waals surface area contributed by atoms with Crippen LogP contribution in [-0.4, -0.2) is 32.2 Å². The van der Waals surface area contributed by atoms with Gasteiger partial charge in [0.05, 0.1) is 7.11 Å². The molecule has 1 aromatic carbocycles. The summed E-state index contributed by atoms with van der Waals surface area (Å²) < 4.78 is 5.38. The molecule has 0 spiro atoms. The quantitative estimate of drug-likeness (QED) is 0.875. The predicted molar refractivity (Wildman–Crippen MR) is 75.2 cm³/mol. The van der Waals surface area contributed by atoms with Gasteiger partial charge in [-0.2, -0.15) is 0 Å². The highest BCUT2D eigenvalue weighted by Gasteiger charge is 2.09. The first kappa shape index (κ1) is 12.6. The first-order valence-corrected chi connectivity index (χ1v) is 6.11. The number of hydrogen-bond acceptors (Lipinski definition) is 4. The highest BCUT2D eigenvalue weighted by molar-refractivity contribution is 5.96. The monoisotopic (exact) mass is 245 g/mol. The summed E-state index contributed by atoms with van der Waals surface area (Å²) in [5, 5.41) is 2.20. The molecule has 0 aliphatic rings. The number of ether oxygens (including phenoxy) is 1. The standard InChI is InChI=1S/C14H19N3O/c1-17(10-4-8-15)14-12-5-3-6-13(18-2)11(12)7-9-16-14/h3,5-7,9H,4,8,10,15H2,1-2H3. The summed E-state index contributed by atoms with van der Waals surface area (Å²) in [5.41, 5.74) is 5.55. The average molecular weight is 245 g/mol. The maximum absolute atomic E-state index is 5.55. The summed E-state index contributed by atoms with van der Waals surface area (Å²) >= 11 is 0. The van der Waals surface area contributed by atoms with Crippen LogP contribution in [0.4, 0.5) is 5.82 Å². The van der Waals surface area contributed by atoms with Crippen molar-refractivity contribution in [3.8, 4) is 5.75 Å². The van der Waals surface area contributed by atoms with Gasteiger partial charge in [-0.15, -0.1) is 0 Å². The number of hydrogen-bond donors (Lipinski definition) is 1. The lowest BCUT2D eigenvalue weighted by atomic mass is 10.1. The second-order valence-corrected chi connectivity index (χ2v) is 4.25. The fraction of sp³-hybridized carbons (Fsp3) is 0.357. The minimum Gasteiger partial charge on any atom is -0.496 e. The topological polar surface area (TPSA) is 51.4 Å². The van der Waals surface area contributed by atoms with E-state index in [1.807, 2.05) is 31.4 Å². The molecule has 0 amide bonds. The van der Waals surface area contributed by atoms with E-state index >= 15 is 0 Å².